The number of carboxylic acid groups (broad SMARTS) is 1. The molecule has 0 aliphatic heterocycles. The number of aryl methyl sites for hydroxylation is 2. The average Bonchev–Trinajstić information content (AvgIpc) is 2.48. The Morgan fingerprint density at radius 2 is 1.93 bits per heavy atom. The normalized spacial score (nSPS) is 12.7. The maximum Gasteiger partial charge on any atom is 0.308 e. The van der Waals surface area contributed by atoms with Crippen LogP contribution < -0.4 is 0 Å². The first-order valence-corrected chi connectivity index (χ1v) is 5.41. The standard InChI is InChI=1S/C12H19NO2/c1-4-5-11(12(14)15)8-13-9(2)6-7-10(13)3/h6-7,11H,4-5,8H2,1-3H3,(H,14,15). The Morgan fingerprint density at radius 3 is 2.33 bits per heavy atom. The zero-order valence-corrected chi connectivity index (χ0v) is 9.66. The first kappa shape index (κ1) is 11.8. The van der Waals surface area contributed by atoms with E-state index in [1.165, 1.54) is 0 Å². The lowest BCUT2D eigenvalue weighted by Gasteiger charge is -2.15. The number of nitrogens with zero attached hydrogens (tertiary/aromatic N) is 1. The summed E-state index contributed by atoms with van der Waals surface area (Å²) in [4.78, 5) is 11.0. The van der Waals surface area contributed by atoms with E-state index in [4.69, 9.17) is 5.11 Å². The van der Waals surface area contributed by atoms with Crippen LogP contribution in [0, 0.1) is 19.8 Å². The van der Waals surface area contributed by atoms with E-state index in [-0.39, 0.29) is 5.92 Å². The quantitative estimate of drug-likeness (QED) is 0.810. The highest BCUT2D eigenvalue weighted by atomic mass is 16.4. The van der Waals surface area contributed by atoms with Gasteiger partial charge in [-0.05, 0) is 32.4 Å². The molecule has 84 valence electrons. The summed E-state index contributed by atoms with van der Waals surface area (Å²) < 4.78 is 2.08. The molecule has 0 fully saturated rings. The molecule has 1 atom stereocenters. The number of rotatable bonds is 5. The fraction of sp³-hybridized carbons (Fsp3) is 0.583. The predicted molar refractivity (Wildman–Crippen MR) is 59.9 cm³/mol. The molecular formula is C12H19NO2. The minimum atomic E-state index is -0.690. The van der Waals surface area contributed by atoms with Gasteiger partial charge >= 0.3 is 5.97 Å². The third kappa shape index (κ3) is 2.85. The molecule has 0 aliphatic carbocycles. The number of hydrogen-bond acceptors (Lipinski definition) is 1. The van der Waals surface area contributed by atoms with E-state index >= 15 is 0 Å². The van der Waals surface area contributed by atoms with Crippen molar-refractivity contribution in [3.63, 3.8) is 0 Å². The van der Waals surface area contributed by atoms with E-state index in [0.717, 1.165) is 24.2 Å². The van der Waals surface area contributed by atoms with Crippen molar-refractivity contribution in [3.05, 3.63) is 23.5 Å². The fourth-order valence-corrected chi connectivity index (χ4v) is 1.85. The Kier molecular flexibility index (Phi) is 3.95. The van der Waals surface area contributed by atoms with Crippen molar-refractivity contribution in [2.24, 2.45) is 5.92 Å². The molecule has 15 heavy (non-hydrogen) atoms. The molecule has 1 aromatic rings. The Bertz CT molecular complexity index is 322. The maximum atomic E-state index is 11.0. The zero-order chi connectivity index (χ0) is 11.4. The van der Waals surface area contributed by atoms with E-state index in [1.807, 2.05) is 32.9 Å². The van der Waals surface area contributed by atoms with Gasteiger partial charge in [0.1, 0.15) is 0 Å². The van der Waals surface area contributed by atoms with Crippen LogP contribution in [0.4, 0.5) is 0 Å². The van der Waals surface area contributed by atoms with E-state index in [2.05, 4.69) is 4.57 Å². The van der Waals surface area contributed by atoms with Crippen molar-refractivity contribution in [2.75, 3.05) is 0 Å². The van der Waals surface area contributed by atoms with Gasteiger partial charge < -0.3 is 9.67 Å². The number of carboxylic acids is 1. The molecule has 0 radical (unpaired) electrons. The molecule has 1 heterocycles. The van der Waals surface area contributed by atoms with Gasteiger partial charge in [-0.3, -0.25) is 4.79 Å². The Balaban J connectivity index is 2.78. The lowest BCUT2D eigenvalue weighted by atomic mass is 10.0. The third-order valence-electron chi connectivity index (χ3n) is 2.81. The van der Waals surface area contributed by atoms with Gasteiger partial charge in [-0.1, -0.05) is 13.3 Å². The molecule has 0 spiro atoms. The lowest BCUT2D eigenvalue weighted by Crippen LogP contribution is -2.21. The SMILES string of the molecule is CCCC(Cn1c(C)ccc1C)C(=O)O. The van der Waals surface area contributed by atoms with Gasteiger partial charge in [-0.15, -0.1) is 0 Å². The van der Waals surface area contributed by atoms with E-state index < -0.39 is 5.97 Å². The first-order valence-electron chi connectivity index (χ1n) is 5.41. The Morgan fingerprint density at radius 1 is 1.40 bits per heavy atom. The minimum Gasteiger partial charge on any atom is -0.481 e. The molecule has 0 saturated carbocycles. The number of aliphatic carboxylic acids is 1. The first-order chi connectivity index (χ1) is 7.06. The molecule has 0 saturated heterocycles. The summed E-state index contributed by atoms with van der Waals surface area (Å²) in [5, 5.41) is 9.07. The summed E-state index contributed by atoms with van der Waals surface area (Å²) in [6, 6.07) is 4.06. The second kappa shape index (κ2) is 5.01. The van der Waals surface area contributed by atoms with Crippen LogP contribution >= 0.6 is 0 Å². The van der Waals surface area contributed by atoms with Crippen LogP contribution in [0.5, 0.6) is 0 Å². The van der Waals surface area contributed by atoms with Crippen molar-refractivity contribution in [3.8, 4) is 0 Å². The zero-order valence-electron chi connectivity index (χ0n) is 9.66. The van der Waals surface area contributed by atoms with Gasteiger partial charge in [0.25, 0.3) is 0 Å². The van der Waals surface area contributed by atoms with Crippen molar-refractivity contribution in [1.29, 1.82) is 0 Å². The Hall–Kier alpha value is -1.25. The smallest absolute Gasteiger partial charge is 0.308 e. The van der Waals surface area contributed by atoms with E-state index in [9.17, 15) is 4.79 Å². The van der Waals surface area contributed by atoms with Crippen molar-refractivity contribution in [1.82, 2.24) is 4.57 Å². The number of aromatic nitrogens is 1. The molecule has 0 aromatic carbocycles. The monoisotopic (exact) mass is 209 g/mol. The molecule has 1 rings (SSSR count). The molecule has 0 bridgehead atoms. The van der Waals surface area contributed by atoms with Crippen molar-refractivity contribution >= 4 is 5.97 Å². The summed E-state index contributed by atoms with van der Waals surface area (Å²) in [5.74, 6) is -0.954. The highest BCUT2D eigenvalue weighted by molar-refractivity contribution is 5.69. The van der Waals surface area contributed by atoms with Gasteiger partial charge in [-0.2, -0.15) is 0 Å². The van der Waals surface area contributed by atoms with Crippen LogP contribution in [0.3, 0.4) is 0 Å². The van der Waals surface area contributed by atoms with E-state index in [1.54, 1.807) is 0 Å². The van der Waals surface area contributed by atoms with Crippen molar-refractivity contribution < 1.29 is 9.90 Å². The second-order valence-corrected chi connectivity index (χ2v) is 4.05. The van der Waals surface area contributed by atoms with Crippen LogP contribution in [-0.2, 0) is 11.3 Å². The molecule has 0 amide bonds. The molecule has 1 N–H and O–H groups in total. The highest BCUT2D eigenvalue weighted by Crippen LogP contribution is 2.14. The maximum absolute atomic E-state index is 11.0. The van der Waals surface area contributed by atoms with E-state index in [0.29, 0.717) is 6.54 Å². The summed E-state index contributed by atoms with van der Waals surface area (Å²) in [5.41, 5.74) is 2.27. The molecule has 0 aliphatic rings. The number of carbonyl (C=O) groups is 1. The fourth-order valence-electron chi connectivity index (χ4n) is 1.85. The van der Waals surface area contributed by atoms with Gasteiger partial charge in [0.15, 0.2) is 0 Å². The molecule has 3 heteroatoms. The van der Waals surface area contributed by atoms with Gasteiger partial charge in [0.2, 0.25) is 0 Å². The third-order valence-corrected chi connectivity index (χ3v) is 2.81. The van der Waals surface area contributed by atoms with Crippen LogP contribution in [0.15, 0.2) is 12.1 Å². The number of hydrogen-bond donors (Lipinski definition) is 1. The van der Waals surface area contributed by atoms with Crippen LogP contribution in [0.1, 0.15) is 31.2 Å². The molecule has 3 nitrogen and oxygen atoms in total. The van der Waals surface area contributed by atoms with Gasteiger partial charge in [0.05, 0.1) is 5.92 Å². The van der Waals surface area contributed by atoms with Crippen LogP contribution in [0.25, 0.3) is 0 Å². The predicted octanol–water partition coefficient (Wildman–Crippen LogP) is 2.61. The van der Waals surface area contributed by atoms with Gasteiger partial charge in [-0.25, -0.2) is 0 Å². The largest absolute Gasteiger partial charge is 0.481 e. The van der Waals surface area contributed by atoms with Crippen LogP contribution in [-0.4, -0.2) is 15.6 Å². The van der Waals surface area contributed by atoms with Crippen LogP contribution in [0.2, 0.25) is 0 Å². The topological polar surface area (TPSA) is 42.2 Å². The molecule has 1 aromatic heterocycles. The lowest BCUT2D eigenvalue weighted by molar-refractivity contribution is -0.142. The van der Waals surface area contributed by atoms with Gasteiger partial charge in [0, 0.05) is 17.9 Å². The highest BCUT2D eigenvalue weighted by Gasteiger charge is 2.18. The molecular weight excluding hydrogens is 190 g/mol. The van der Waals surface area contributed by atoms with Crippen molar-refractivity contribution in [2.45, 2.75) is 40.2 Å². The Labute approximate surface area is 90.7 Å². The minimum absolute atomic E-state index is 0.264. The summed E-state index contributed by atoms with van der Waals surface area (Å²) in [7, 11) is 0. The summed E-state index contributed by atoms with van der Waals surface area (Å²) in [6.45, 7) is 6.63. The molecule has 1 unspecified atom stereocenters. The summed E-state index contributed by atoms with van der Waals surface area (Å²) in [6.07, 6.45) is 1.66. The average molecular weight is 209 g/mol. The second-order valence-electron chi connectivity index (χ2n) is 4.05. The summed E-state index contributed by atoms with van der Waals surface area (Å²) >= 11 is 0.